The predicted molar refractivity (Wildman–Crippen MR) is 80.3 cm³/mol. The van der Waals surface area contributed by atoms with Gasteiger partial charge >= 0.3 is 0 Å². The Bertz CT molecular complexity index is 733. The van der Waals surface area contributed by atoms with Crippen LogP contribution in [0.4, 0.5) is 0 Å². The Morgan fingerprint density at radius 2 is 2.05 bits per heavy atom. The first-order valence-electron chi connectivity index (χ1n) is 7.00. The Hall–Kier alpha value is -2.76. The van der Waals surface area contributed by atoms with E-state index in [9.17, 15) is 4.79 Å². The van der Waals surface area contributed by atoms with E-state index in [2.05, 4.69) is 10.5 Å². The van der Waals surface area contributed by atoms with Gasteiger partial charge in [-0.2, -0.15) is 5.10 Å². The van der Waals surface area contributed by atoms with Gasteiger partial charge in [-0.3, -0.25) is 4.79 Å². The predicted octanol–water partition coefficient (Wildman–Crippen LogP) is 2.86. The van der Waals surface area contributed by atoms with E-state index in [0.717, 1.165) is 5.76 Å². The molecule has 2 heterocycles. The lowest BCUT2D eigenvalue weighted by atomic mass is 10.2. The van der Waals surface area contributed by atoms with Gasteiger partial charge in [0.25, 0.3) is 5.91 Å². The van der Waals surface area contributed by atoms with Crippen LogP contribution in [0.5, 0.6) is 11.5 Å². The molecule has 6 nitrogen and oxygen atoms in total. The van der Waals surface area contributed by atoms with Crippen LogP contribution < -0.4 is 14.9 Å². The second-order valence-electron chi connectivity index (χ2n) is 4.83. The van der Waals surface area contributed by atoms with E-state index in [0.29, 0.717) is 35.0 Å². The third-order valence-electron chi connectivity index (χ3n) is 3.29. The minimum Gasteiger partial charge on any atom is -0.460 e. The Balaban J connectivity index is 1.74. The zero-order valence-electron chi connectivity index (χ0n) is 12.4. The molecule has 1 aliphatic rings. The minimum atomic E-state index is -0.312. The van der Waals surface area contributed by atoms with E-state index in [1.165, 1.54) is 0 Å². The van der Waals surface area contributed by atoms with Crippen LogP contribution in [0.25, 0.3) is 0 Å². The summed E-state index contributed by atoms with van der Waals surface area (Å²) in [5.41, 5.74) is 3.68. The molecule has 0 unspecified atom stereocenters. The summed E-state index contributed by atoms with van der Waals surface area (Å²) < 4.78 is 16.0. The van der Waals surface area contributed by atoms with E-state index < -0.39 is 0 Å². The molecule has 3 rings (SSSR count). The van der Waals surface area contributed by atoms with Crippen LogP contribution >= 0.6 is 0 Å². The van der Waals surface area contributed by atoms with Crippen molar-refractivity contribution in [3.05, 3.63) is 47.4 Å². The van der Waals surface area contributed by atoms with Gasteiger partial charge in [0.1, 0.15) is 17.2 Å². The molecule has 1 amide bonds. The van der Waals surface area contributed by atoms with Crippen LogP contribution in [0.2, 0.25) is 0 Å². The van der Waals surface area contributed by atoms with Crippen molar-refractivity contribution in [2.45, 2.75) is 20.3 Å². The minimum absolute atomic E-state index is 0.177. The van der Waals surface area contributed by atoms with Gasteiger partial charge in [0, 0.05) is 5.56 Å². The van der Waals surface area contributed by atoms with Crippen LogP contribution in [-0.4, -0.2) is 18.4 Å². The molecule has 0 saturated carbocycles. The lowest BCUT2D eigenvalue weighted by Gasteiger charge is -2.04. The standard InChI is InChI=1S/C16H16N2O4/c1-3-12(13-6-4-10(2)22-13)17-18-16(19)11-5-7-14-15(8-11)21-9-20-14/h4-8H,3,9H2,1-2H3,(H,18,19). The summed E-state index contributed by atoms with van der Waals surface area (Å²) in [6.07, 6.45) is 0.647. The van der Waals surface area contributed by atoms with E-state index in [-0.39, 0.29) is 12.7 Å². The maximum absolute atomic E-state index is 12.2. The summed E-state index contributed by atoms with van der Waals surface area (Å²) in [6.45, 7) is 3.99. The molecule has 2 aromatic rings. The van der Waals surface area contributed by atoms with Crippen molar-refractivity contribution >= 4 is 11.6 Å². The molecule has 1 N–H and O–H groups in total. The van der Waals surface area contributed by atoms with Gasteiger partial charge in [-0.05, 0) is 43.7 Å². The fourth-order valence-corrected chi connectivity index (χ4v) is 2.12. The summed E-state index contributed by atoms with van der Waals surface area (Å²) in [7, 11) is 0. The van der Waals surface area contributed by atoms with E-state index in [1.807, 2.05) is 26.0 Å². The summed E-state index contributed by atoms with van der Waals surface area (Å²) >= 11 is 0. The number of ether oxygens (including phenoxy) is 2. The van der Waals surface area contributed by atoms with Gasteiger partial charge in [-0.15, -0.1) is 0 Å². The van der Waals surface area contributed by atoms with Crippen LogP contribution in [-0.2, 0) is 0 Å². The fraction of sp³-hybridized carbons (Fsp3) is 0.250. The zero-order chi connectivity index (χ0) is 15.5. The highest BCUT2D eigenvalue weighted by Crippen LogP contribution is 2.32. The smallest absolute Gasteiger partial charge is 0.271 e. The Morgan fingerprint density at radius 3 is 2.77 bits per heavy atom. The van der Waals surface area contributed by atoms with Crippen molar-refractivity contribution in [1.29, 1.82) is 0 Å². The number of carbonyl (C=O) groups is 1. The average Bonchev–Trinajstić information content (AvgIpc) is 3.15. The van der Waals surface area contributed by atoms with Gasteiger partial charge in [0.2, 0.25) is 6.79 Å². The number of hydrazone groups is 1. The number of amides is 1. The molecular weight excluding hydrogens is 284 g/mol. The Kier molecular flexibility index (Phi) is 3.82. The number of hydrogen-bond acceptors (Lipinski definition) is 5. The van der Waals surface area contributed by atoms with Gasteiger partial charge in [0.15, 0.2) is 11.5 Å². The van der Waals surface area contributed by atoms with E-state index in [4.69, 9.17) is 13.9 Å². The molecule has 0 aliphatic carbocycles. The van der Waals surface area contributed by atoms with Gasteiger partial charge < -0.3 is 13.9 Å². The van der Waals surface area contributed by atoms with Gasteiger partial charge in [0.05, 0.1) is 0 Å². The van der Waals surface area contributed by atoms with Crippen molar-refractivity contribution in [2.24, 2.45) is 5.10 Å². The number of aryl methyl sites for hydroxylation is 1. The first kappa shape index (κ1) is 14.2. The highest BCUT2D eigenvalue weighted by molar-refractivity contribution is 6.00. The van der Waals surface area contributed by atoms with Gasteiger partial charge in [-0.25, -0.2) is 5.43 Å². The third-order valence-corrected chi connectivity index (χ3v) is 3.29. The van der Waals surface area contributed by atoms with Crippen LogP contribution in [0.3, 0.4) is 0 Å². The monoisotopic (exact) mass is 300 g/mol. The lowest BCUT2D eigenvalue weighted by molar-refractivity contribution is 0.0954. The molecule has 0 bridgehead atoms. The number of carbonyl (C=O) groups excluding carboxylic acids is 1. The van der Waals surface area contributed by atoms with Crippen molar-refractivity contribution in [1.82, 2.24) is 5.43 Å². The van der Waals surface area contributed by atoms with Crippen LogP contribution in [0.15, 0.2) is 39.9 Å². The lowest BCUT2D eigenvalue weighted by Crippen LogP contribution is -2.19. The topological polar surface area (TPSA) is 73.1 Å². The fourth-order valence-electron chi connectivity index (χ4n) is 2.12. The highest BCUT2D eigenvalue weighted by Gasteiger charge is 2.16. The maximum atomic E-state index is 12.2. The molecule has 0 saturated heterocycles. The van der Waals surface area contributed by atoms with Crippen LogP contribution in [0, 0.1) is 6.92 Å². The second kappa shape index (κ2) is 5.93. The molecule has 1 aromatic heterocycles. The Labute approximate surface area is 127 Å². The molecule has 114 valence electrons. The average molecular weight is 300 g/mol. The molecule has 6 heteroatoms. The quantitative estimate of drug-likeness (QED) is 0.696. The van der Waals surface area contributed by atoms with Crippen molar-refractivity contribution in [2.75, 3.05) is 6.79 Å². The van der Waals surface area contributed by atoms with E-state index >= 15 is 0 Å². The number of fused-ring (bicyclic) bond motifs is 1. The van der Waals surface area contributed by atoms with E-state index in [1.54, 1.807) is 18.2 Å². The zero-order valence-corrected chi connectivity index (χ0v) is 12.4. The largest absolute Gasteiger partial charge is 0.460 e. The second-order valence-corrected chi connectivity index (χ2v) is 4.83. The molecule has 0 spiro atoms. The summed E-state index contributed by atoms with van der Waals surface area (Å²) in [4.78, 5) is 12.2. The molecule has 1 aliphatic heterocycles. The Morgan fingerprint density at radius 1 is 1.23 bits per heavy atom. The summed E-state index contributed by atoms with van der Waals surface area (Å²) in [6, 6.07) is 8.71. The molecule has 0 fully saturated rings. The normalized spacial score (nSPS) is 13.3. The number of rotatable bonds is 4. The van der Waals surface area contributed by atoms with Crippen molar-refractivity contribution in [3.63, 3.8) is 0 Å². The number of nitrogens with one attached hydrogen (secondary N) is 1. The first-order chi connectivity index (χ1) is 10.7. The highest BCUT2D eigenvalue weighted by atomic mass is 16.7. The third kappa shape index (κ3) is 2.81. The summed E-state index contributed by atoms with van der Waals surface area (Å²) in [5.74, 6) is 2.35. The van der Waals surface area contributed by atoms with Crippen molar-refractivity contribution < 1.29 is 18.7 Å². The van der Waals surface area contributed by atoms with Gasteiger partial charge in [-0.1, -0.05) is 6.92 Å². The first-order valence-corrected chi connectivity index (χ1v) is 7.00. The molecule has 0 atom stereocenters. The number of hydrogen-bond donors (Lipinski definition) is 1. The maximum Gasteiger partial charge on any atom is 0.271 e. The molecule has 1 aromatic carbocycles. The summed E-state index contributed by atoms with van der Waals surface area (Å²) in [5, 5.41) is 4.15. The van der Waals surface area contributed by atoms with Crippen LogP contribution in [0.1, 0.15) is 35.2 Å². The van der Waals surface area contributed by atoms with Crippen molar-refractivity contribution in [3.8, 4) is 11.5 Å². The molecule has 22 heavy (non-hydrogen) atoms. The number of benzene rings is 1. The molecule has 0 radical (unpaired) electrons. The number of nitrogens with zero attached hydrogens (tertiary/aromatic N) is 1. The molecular formula is C16H16N2O4. The SMILES string of the molecule is CCC(=NNC(=O)c1ccc2c(c1)OCO2)c1ccc(C)o1. The number of furan rings is 1.